The third-order valence-electron chi connectivity index (χ3n) is 7.25. The molecule has 0 saturated heterocycles. The summed E-state index contributed by atoms with van der Waals surface area (Å²) in [6.45, 7) is 5.96. The number of ketones is 1. The van der Waals surface area contributed by atoms with Crippen molar-refractivity contribution in [1.29, 1.82) is 0 Å². The van der Waals surface area contributed by atoms with E-state index in [-0.39, 0.29) is 46.8 Å². The van der Waals surface area contributed by atoms with E-state index < -0.39 is 17.8 Å². The van der Waals surface area contributed by atoms with Gasteiger partial charge in [0.25, 0.3) is 11.5 Å². The Kier molecular flexibility index (Phi) is 7.08. The van der Waals surface area contributed by atoms with Crippen LogP contribution in [0.3, 0.4) is 0 Å². The molecule has 1 atom stereocenters. The molecule has 3 aromatic rings. The number of aryl methyl sites for hydroxylation is 1. The van der Waals surface area contributed by atoms with Crippen molar-refractivity contribution in [2.24, 2.45) is 5.73 Å². The van der Waals surface area contributed by atoms with Crippen molar-refractivity contribution >= 4 is 28.6 Å². The average molecular weight is 540 g/mol. The molecule has 0 spiro atoms. The average Bonchev–Trinajstić information content (AvgIpc) is 2.95. The minimum atomic E-state index is -1.09. The molecule has 1 aromatic carbocycles. The SMILES string of the molecule is C=CCn1c(=O)c(C2C(C(=O)OC)=C(N)N(NC(=O)c3ccncc3)C3=C2C(=O)CCC3)cc2cc(C)ccc21. The number of rotatable bonds is 6. The molecular formula is C30H29N5O5. The zero-order valence-corrected chi connectivity index (χ0v) is 22.3. The molecule has 0 radical (unpaired) electrons. The first kappa shape index (κ1) is 26.6. The Hall–Kier alpha value is -4.99. The second-order valence-corrected chi connectivity index (χ2v) is 9.74. The van der Waals surface area contributed by atoms with Crippen molar-refractivity contribution in [1.82, 2.24) is 20.0 Å². The number of Topliss-reactive ketones (excluding diaryl/α,β-unsaturated/α-hetero) is 1. The van der Waals surface area contributed by atoms with Crippen LogP contribution in [0.2, 0.25) is 0 Å². The Morgan fingerprint density at radius 2 is 1.93 bits per heavy atom. The lowest BCUT2D eigenvalue weighted by molar-refractivity contribution is -0.136. The fourth-order valence-corrected chi connectivity index (χ4v) is 5.45. The molecule has 2 aliphatic rings. The summed E-state index contributed by atoms with van der Waals surface area (Å²) in [4.78, 5) is 58.0. The summed E-state index contributed by atoms with van der Waals surface area (Å²) >= 11 is 0. The quantitative estimate of drug-likeness (QED) is 0.360. The normalized spacial score (nSPS) is 17.1. The van der Waals surface area contributed by atoms with Crippen LogP contribution in [-0.4, -0.2) is 39.3 Å². The minimum absolute atomic E-state index is 0.0965. The van der Waals surface area contributed by atoms with Crippen LogP contribution < -0.4 is 16.7 Å². The molecule has 2 aromatic heterocycles. The number of nitrogens with one attached hydrogen (secondary N) is 1. The van der Waals surface area contributed by atoms with Crippen LogP contribution >= 0.6 is 0 Å². The summed E-state index contributed by atoms with van der Waals surface area (Å²) in [5.41, 5.74) is 11.7. The fraction of sp³-hybridized carbons (Fsp3) is 0.233. The van der Waals surface area contributed by atoms with Gasteiger partial charge in [-0.25, -0.2) is 9.80 Å². The van der Waals surface area contributed by atoms with E-state index in [9.17, 15) is 19.2 Å². The molecule has 0 bridgehead atoms. The molecule has 1 unspecified atom stereocenters. The first-order valence-electron chi connectivity index (χ1n) is 12.9. The summed E-state index contributed by atoms with van der Waals surface area (Å²) in [5, 5.41) is 2.05. The number of methoxy groups -OCH3 is 1. The van der Waals surface area contributed by atoms with Gasteiger partial charge in [-0.1, -0.05) is 17.7 Å². The standard InChI is InChI=1S/C30H29N5O5/c1-4-14-34-21-9-8-17(2)15-19(21)16-20(29(34)38)24-25-22(6-5-7-23(25)36)35(27(31)26(24)30(39)40-3)33-28(37)18-10-12-32-13-11-18/h4,8-13,15-16,24H,1,5-7,14,31H2,2-3H3,(H,33,37). The molecule has 0 saturated carbocycles. The predicted molar refractivity (Wildman–Crippen MR) is 149 cm³/mol. The van der Waals surface area contributed by atoms with E-state index in [1.807, 2.05) is 25.1 Å². The van der Waals surface area contributed by atoms with Gasteiger partial charge in [0.15, 0.2) is 5.78 Å². The highest BCUT2D eigenvalue weighted by molar-refractivity contribution is 6.04. The summed E-state index contributed by atoms with van der Waals surface area (Å²) in [7, 11) is 1.20. The molecular weight excluding hydrogens is 510 g/mol. The number of fused-ring (bicyclic) bond motifs is 1. The van der Waals surface area contributed by atoms with Crippen LogP contribution in [0, 0.1) is 6.92 Å². The van der Waals surface area contributed by atoms with E-state index in [1.54, 1.807) is 16.7 Å². The molecule has 10 heteroatoms. The maximum absolute atomic E-state index is 14.0. The number of carbonyl (C=O) groups excluding carboxylic acids is 3. The van der Waals surface area contributed by atoms with Crippen LogP contribution in [0.1, 0.15) is 46.7 Å². The molecule has 10 nitrogen and oxygen atoms in total. The minimum Gasteiger partial charge on any atom is -0.466 e. The van der Waals surface area contributed by atoms with Crippen LogP contribution in [0.15, 0.2) is 88.9 Å². The van der Waals surface area contributed by atoms with Gasteiger partial charge in [-0.2, -0.15) is 0 Å². The van der Waals surface area contributed by atoms with Gasteiger partial charge < -0.3 is 15.0 Å². The molecule has 1 aliphatic heterocycles. The number of nitrogens with zero attached hydrogens (tertiary/aromatic N) is 3. The molecule has 1 aliphatic carbocycles. The van der Waals surface area contributed by atoms with Gasteiger partial charge in [-0.15, -0.1) is 6.58 Å². The zero-order valence-electron chi connectivity index (χ0n) is 22.3. The van der Waals surface area contributed by atoms with Crippen molar-refractivity contribution < 1.29 is 19.1 Å². The van der Waals surface area contributed by atoms with E-state index in [2.05, 4.69) is 17.0 Å². The van der Waals surface area contributed by atoms with Crippen molar-refractivity contribution in [3.8, 4) is 0 Å². The Balaban J connectivity index is 1.77. The smallest absolute Gasteiger partial charge is 0.338 e. The van der Waals surface area contributed by atoms with Crippen LogP contribution in [-0.2, 0) is 20.9 Å². The van der Waals surface area contributed by atoms with E-state index in [0.717, 1.165) is 10.9 Å². The number of hydrazine groups is 1. The number of benzene rings is 1. The third kappa shape index (κ3) is 4.47. The van der Waals surface area contributed by atoms with Gasteiger partial charge in [0.2, 0.25) is 0 Å². The summed E-state index contributed by atoms with van der Waals surface area (Å²) in [6.07, 6.45) is 5.71. The zero-order chi connectivity index (χ0) is 28.6. The highest BCUT2D eigenvalue weighted by Crippen LogP contribution is 2.44. The highest BCUT2D eigenvalue weighted by atomic mass is 16.5. The van der Waals surface area contributed by atoms with Crippen molar-refractivity contribution in [3.05, 3.63) is 111 Å². The highest BCUT2D eigenvalue weighted by Gasteiger charge is 2.44. The van der Waals surface area contributed by atoms with Crippen LogP contribution in [0.5, 0.6) is 0 Å². The number of carbonyl (C=O) groups is 3. The Morgan fingerprint density at radius 3 is 2.62 bits per heavy atom. The maximum Gasteiger partial charge on any atom is 0.338 e. The van der Waals surface area contributed by atoms with Gasteiger partial charge >= 0.3 is 5.97 Å². The molecule has 204 valence electrons. The van der Waals surface area contributed by atoms with E-state index in [1.165, 1.54) is 36.6 Å². The number of nitrogens with two attached hydrogens (primary N) is 1. The lowest BCUT2D eigenvalue weighted by Crippen LogP contribution is -2.49. The molecule has 0 fully saturated rings. The first-order chi connectivity index (χ1) is 19.3. The molecule has 3 N–H and O–H groups in total. The van der Waals surface area contributed by atoms with Gasteiger partial charge in [-0.3, -0.25) is 24.8 Å². The lowest BCUT2D eigenvalue weighted by Gasteiger charge is -2.40. The second-order valence-electron chi connectivity index (χ2n) is 9.74. The summed E-state index contributed by atoms with van der Waals surface area (Å²) in [5.74, 6) is -2.76. The third-order valence-corrected chi connectivity index (χ3v) is 7.25. The summed E-state index contributed by atoms with van der Waals surface area (Å²) in [6, 6.07) is 10.5. The van der Waals surface area contributed by atoms with Crippen LogP contribution in [0.4, 0.5) is 0 Å². The number of esters is 1. The monoisotopic (exact) mass is 539 g/mol. The van der Waals surface area contributed by atoms with Gasteiger partial charge in [0.1, 0.15) is 5.82 Å². The molecule has 5 rings (SSSR count). The van der Waals surface area contributed by atoms with Gasteiger partial charge in [-0.05, 0) is 55.5 Å². The number of aromatic nitrogens is 2. The van der Waals surface area contributed by atoms with Crippen molar-refractivity contribution in [2.45, 2.75) is 38.6 Å². The van der Waals surface area contributed by atoms with Crippen LogP contribution in [0.25, 0.3) is 10.9 Å². The Morgan fingerprint density at radius 1 is 1.18 bits per heavy atom. The predicted octanol–water partition coefficient (Wildman–Crippen LogP) is 2.99. The topological polar surface area (TPSA) is 137 Å². The maximum atomic E-state index is 14.0. The Bertz CT molecular complexity index is 1690. The molecule has 40 heavy (non-hydrogen) atoms. The number of hydrogen-bond donors (Lipinski definition) is 2. The largest absolute Gasteiger partial charge is 0.466 e. The number of pyridine rings is 2. The lowest BCUT2D eigenvalue weighted by atomic mass is 9.75. The van der Waals surface area contributed by atoms with E-state index in [0.29, 0.717) is 29.6 Å². The van der Waals surface area contributed by atoms with Crippen molar-refractivity contribution in [3.63, 3.8) is 0 Å². The Labute approximate surface area is 230 Å². The fourth-order valence-electron chi connectivity index (χ4n) is 5.45. The first-order valence-corrected chi connectivity index (χ1v) is 12.9. The van der Waals surface area contributed by atoms with Crippen molar-refractivity contribution in [2.75, 3.05) is 7.11 Å². The summed E-state index contributed by atoms with van der Waals surface area (Å²) < 4.78 is 6.67. The number of hydrogen-bond acceptors (Lipinski definition) is 8. The van der Waals surface area contributed by atoms with E-state index in [4.69, 9.17) is 10.5 Å². The number of ether oxygens (including phenoxy) is 1. The number of amides is 1. The molecule has 1 amide bonds. The number of allylic oxidation sites excluding steroid dienone is 3. The van der Waals surface area contributed by atoms with Gasteiger partial charge in [0, 0.05) is 47.8 Å². The van der Waals surface area contributed by atoms with Gasteiger partial charge in [0.05, 0.1) is 24.1 Å². The second kappa shape index (κ2) is 10.6. The van der Waals surface area contributed by atoms with E-state index >= 15 is 0 Å². The molecule has 3 heterocycles.